The number of piperidine rings is 1. The highest BCUT2D eigenvalue weighted by Gasteiger charge is 2.29. The van der Waals surface area contributed by atoms with E-state index < -0.39 is 0 Å². The van der Waals surface area contributed by atoms with Crippen LogP contribution in [-0.4, -0.2) is 34.8 Å². The average molecular weight is 254 g/mol. The first kappa shape index (κ1) is 15.0. The van der Waals surface area contributed by atoms with E-state index in [9.17, 15) is 4.79 Å². The number of carbonyl (C=O) groups is 1. The smallest absolute Gasteiger partial charge is 0.225 e. The van der Waals surface area contributed by atoms with Crippen LogP contribution in [0.15, 0.2) is 5.16 Å². The van der Waals surface area contributed by atoms with Crippen molar-refractivity contribution in [2.45, 2.75) is 52.9 Å². The molecule has 0 spiro atoms. The minimum Gasteiger partial charge on any atom is -0.411 e. The van der Waals surface area contributed by atoms with Gasteiger partial charge in [-0.05, 0) is 12.8 Å². The molecule has 1 rings (SSSR count). The maximum Gasteiger partial charge on any atom is 0.225 e. The number of hydrogen-bond acceptors (Lipinski definition) is 3. The second-order valence-electron chi connectivity index (χ2n) is 5.30. The summed E-state index contributed by atoms with van der Waals surface area (Å²) in [7, 11) is 0. The summed E-state index contributed by atoms with van der Waals surface area (Å²) in [5.41, 5.74) is 0.821. The van der Waals surface area contributed by atoms with Crippen LogP contribution in [0, 0.1) is 11.8 Å². The number of rotatable bonds is 5. The maximum absolute atomic E-state index is 12.4. The average Bonchev–Trinajstić information content (AvgIpc) is 2.37. The molecule has 1 heterocycles. The van der Waals surface area contributed by atoms with Gasteiger partial charge >= 0.3 is 0 Å². The minimum atomic E-state index is 0.177. The van der Waals surface area contributed by atoms with Crippen molar-refractivity contribution in [3.8, 4) is 0 Å². The fraction of sp³-hybridized carbons (Fsp3) is 0.857. The van der Waals surface area contributed by atoms with Crippen molar-refractivity contribution in [3.63, 3.8) is 0 Å². The molecule has 0 aromatic heterocycles. The second kappa shape index (κ2) is 7.39. The van der Waals surface area contributed by atoms with Crippen LogP contribution in [0.5, 0.6) is 0 Å². The third-order valence-corrected chi connectivity index (χ3v) is 3.76. The normalized spacial score (nSPS) is 22.8. The van der Waals surface area contributed by atoms with Gasteiger partial charge in [0.05, 0.1) is 5.71 Å². The number of likely N-dealkylation sites (tertiary alicyclic amines) is 1. The summed E-state index contributed by atoms with van der Waals surface area (Å²) in [6.07, 6.45) is 4.79. The molecule has 1 amide bonds. The molecule has 0 radical (unpaired) electrons. The van der Waals surface area contributed by atoms with Crippen molar-refractivity contribution in [2.75, 3.05) is 13.1 Å². The predicted octanol–water partition coefficient (Wildman–Crippen LogP) is 2.90. The summed E-state index contributed by atoms with van der Waals surface area (Å²) >= 11 is 0. The first-order valence-electron chi connectivity index (χ1n) is 7.13. The number of oxime groups is 1. The molecule has 1 aliphatic heterocycles. The molecule has 4 nitrogen and oxygen atoms in total. The highest BCUT2D eigenvalue weighted by atomic mass is 16.4. The Morgan fingerprint density at radius 3 is 2.50 bits per heavy atom. The monoisotopic (exact) mass is 254 g/mol. The first-order chi connectivity index (χ1) is 8.63. The molecule has 1 fully saturated rings. The van der Waals surface area contributed by atoms with Gasteiger partial charge in [0.2, 0.25) is 5.91 Å². The van der Waals surface area contributed by atoms with E-state index in [0.717, 1.165) is 31.4 Å². The van der Waals surface area contributed by atoms with E-state index >= 15 is 0 Å². The molecule has 18 heavy (non-hydrogen) atoms. The Morgan fingerprint density at radius 2 is 2.06 bits per heavy atom. The molecule has 1 N–H and O–H groups in total. The predicted molar refractivity (Wildman–Crippen MR) is 72.9 cm³/mol. The Balaban J connectivity index is 2.61. The third-order valence-electron chi connectivity index (χ3n) is 3.76. The summed E-state index contributed by atoms with van der Waals surface area (Å²) in [5, 5.41) is 12.2. The topological polar surface area (TPSA) is 52.9 Å². The van der Waals surface area contributed by atoms with Crippen molar-refractivity contribution in [3.05, 3.63) is 0 Å². The van der Waals surface area contributed by atoms with Gasteiger partial charge in [-0.15, -0.1) is 0 Å². The van der Waals surface area contributed by atoms with Gasteiger partial charge in [-0.2, -0.15) is 0 Å². The van der Waals surface area contributed by atoms with Gasteiger partial charge in [0, 0.05) is 31.3 Å². The Morgan fingerprint density at radius 1 is 1.44 bits per heavy atom. The molecule has 0 aromatic carbocycles. The van der Waals surface area contributed by atoms with Gasteiger partial charge in [0.1, 0.15) is 0 Å². The summed E-state index contributed by atoms with van der Waals surface area (Å²) in [4.78, 5) is 14.4. The van der Waals surface area contributed by atoms with Gasteiger partial charge in [0.15, 0.2) is 0 Å². The van der Waals surface area contributed by atoms with Gasteiger partial charge in [-0.1, -0.05) is 38.8 Å². The summed E-state index contributed by atoms with van der Waals surface area (Å²) in [5.74, 6) is 0.652. The lowest BCUT2D eigenvalue weighted by molar-refractivity contribution is -0.136. The van der Waals surface area contributed by atoms with Gasteiger partial charge in [0.25, 0.3) is 0 Å². The Hall–Kier alpha value is -1.06. The zero-order chi connectivity index (χ0) is 13.5. The van der Waals surface area contributed by atoms with Gasteiger partial charge < -0.3 is 10.1 Å². The first-order valence-corrected chi connectivity index (χ1v) is 7.13. The van der Waals surface area contributed by atoms with Crippen molar-refractivity contribution in [2.24, 2.45) is 17.0 Å². The minimum absolute atomic E-state index is 0.177. The lowest BCUT2D eigenvalue weighted by Gasteiger charge is -2.34. The van der Waals surface area contributed by atoms with E-state index in [1.807, 2.05) is 11.8 Å². The number of nitrogens with zero attached hydrogens (tertiary/aromatic N) is 2. The Bertz CT molecular complexity index is 296. The summed E-state index contributed by atoms with van der Waals surface area (Å²) in [6.45, 7) is 7.67. The van der Waals surface area contributed by atoms with Crippen molar-refractivity contribution >= 4 is 11.6 Å². The molecular formula is C14H26N2O2. The second-order valence-corrected chi connectivity index (χ2v) is 5.30. The molecule has 4 heteroatoms. The van der Waals surface area contributed by atoms with Crippen molar-refractivity contribution < 1.29 is 10.0 Å². The van der Waals surface area contributed by atoms with Crippen LogP contribution >= 0.6 is 0 Å². The molecule has 0 bridgehead atoms. The highest BCUT2D eigenvalue weighted by molar-refractivity contribution is 5.89. The number of carbonyl (C=O) groups excluding carboxylic acids is 1. The summed E-state index contributed by atoms with van der Waals surface area (Å²) in [6, 6.07) is 0. The zero-order valence-corrected chi connectivity index (χ0v) is 11.9. The van der Waals surface area contributed by atoms with Gasteiger partial charge in [-0.3, -0.25) is 4.79 Å². The quantitative estimate of drug-likeness (QED) is 0.606. The molecule has 1 unspecified atom stereocenters. The fourth-order valence-corrected chi connectivity index (χ4v) is 2.72. The molecule has 104 valence electrons. The van der Waals surface area contributed by atoms with E-state index in [-0.39, 0.29) is 11.8 Å². The molecular weight excluding hydrogens is 228 g/mol. The third kappa shape index (κ3) is 3.72. The lowest BCUT2D eigenvalue weighted by Crippen LogP contribution is -2.45. The van der Waals surface area contributed by atoms with E-state index in [0.29, 0.717) is 25.4 Å². The van der Waals surface area contributed by atoms with Crippen LogP contribution < -0.4 is 0 Å². The van der Waals surface area contributed by atoms with Crippen molar-refractivity contribution in [1.82, 2.24) is 4.90 Å². The van der Waals surface area contributed by atoms with Gasteiger partial charge in [-0.25, -0.2) is 0 Å². The van der Waals surface area contributed by atoms with Crippen LogP contribution in [-0.2, 0) is 4.79 Å². The van der Waals surface area contributed by atoms with E-state index in [1.54, 1.807) is 0 Å². The molecule has 0 aromatic rings. The Labute approximate surface area is 110 Å². The maximum atomic E-state index is 12.4. The summed E-state index contributed by atoms with van der Waals surface area (Å²) < 4.78 is 0. The zero-order valence-electron chi connectivity index (χ0n) is 11.9. The van der Waals surface area contributed by atoms with Crippen LogP contribution in [0.3, 0.4) is 0 Å². The standard InChI is InChI=1S/C14H26N2O2/c1-4-6-12(7-5-2)14(17)16-9-8-13(15-18)11(3)10-16/h11-12,18H,4-10H2,1-3H3. The molecule has 1 aliphatic rings. The Kier molecular flexibility index (Phi) is 6.16. The van der Waals surface area contributed by atoms with Crippen LogP contribution in [0.25, 0.3) is 0 Å². The number of hydrogen-bond donors (Lipinski definition) is 1. The highest BCUT2D eigenvalue weighted by Crippen LogP contribution is 2.21. The van der Waals surface area contributed by atoms with Crippen molar-refractivity contribution in [1.29, 1.82) is 0 Å². The lowest BCUT2D eigenvalue weighted by atomic mass is 9.93. The van der Waals surface area contributed by atoms with E-state index in [1.165, 1.54) is 0 Å². The van der Waals surface area contributed by atoms with Crippen LogP contribution in [0.1, 0.15) is 52.9 Å². The van der Waals surface area contributed by atoms with E-state index in [4.69, 9.17) is 5.21 Å². The van der Waals surface area contributed by atoms with E-state index in [2.05, 4.69) is 19.0 Å². The molecule has 1 atom stereocenters. The van der Waals surface area contributed by atoms with Crippen LogP contribution in [0.4, 0.5) is 0 Å². The van der Waals surface area contributed by atoms with Crippen LogP contribution in [0.2, 0.25) is 0 Å². The largest absolute Gasteiger partial charge is 0.411 e. The number of amides is 1. The molecule has 0 aliphatic carbocycles. The fourth-order valence-electron chi connectivity index (χ4n) is 2.72. The SMILES string of the molecule is CCCC(CCC)C(=O)N1CCC(=NO)C(C)C1. The molecule has 1 saturated heterocycles. The molecule has 0 saturated carbocycles.